The Hall–Kier alpha value is -3.10. The molecule has 0 amide bonds. The van der Waals surface area contributed by atoms with Gasteiger partial charge in [0.25, 0.3) is 0 Å². The molecule has 2 heterocycles. The van der Waals surface area contributed by atoms with E-state index >= 15 is 0 Å². The van der Waals surface area contributed by atoms with Crippen LogP contribution < -0.4 is 0 Å². The van der Waals surface area contributed by atoms with Gasteiger partial charge < -0.3 is 5.11 Å². The second kappa shape index (κ2) is 18.1. The van der Waals surface area contributed by atoms with Gasteiger partial charge in [0, 0.05) is 54.8 Å². The van der Waals surface area contributed by atoms with Gasteiger partial charge in [-0.15, -0.1) is 40.5 Å². The molecule has 4 aromatic rings. The summed E-state index contributed by atoms with van der Waals surface area (Å²) < 4.78 is 0. The number of pyridine rings is 1. The Labute approximate surface area is 307 Å². The third-order valence-electron chi connectivity index (χ3n) is 8.63. The third kappa shape index (κ3) is 11.0. The van der Waals surface area contributed by atoms with Gasteiger partial charge in [0.15, 0.2) is 5.78 Å². The minimum atomic E-state index is -0.00586. The van der Waals surface area contributed by atoms with E-state index in [2.05, 4.69) is 107 Å². The summed E-state index contributed by atoms with van der Waals surface area (Å²) in [5.41, 5.74) is 5.94. The monoisotopic (exact) mass is 842 g/mol. The number of thiophene rings is 1. The van der Waals surface area contributed by atoms with Crippen LogP contribution in [-0.4, -0.2) is 15.9 Å². The van der Waals surface area contributed by atoms with Crippen molar-refractivity contribution in [2.75, 3.05) is 0 Å². The zero-order chi connectivity index (χ0) is 34.9. The molecule has 0 saturated heterocycles. The van der Waals surface area contributed by atoms with Crippen molar-refractivity contribution >= 4 is 27.9 Å². The molecule has 2 aromatic heterocycles. The van der Waals surface area contributed by atoms with Crippen LogP contribution in [0.5, 0.6) is 0 Å². The van der Waals surface area contributed by atoms with Crippen LogP contribution in [0.4, 0.5) is 0 Å². The minimum absolute atomic E-state index is 0. The van der Waals surface area contributed by atoms with Crippen LogP contribution >= 0.6 is 11.3 Å². The van der Waals surface area contributed by atoms with E-state index in [0.29, 0.717) is 5.56 Å². The van der Waals surface area contributed by atoms with Crippen molar-refractivity contribution in [1.82, 2.24) is 4.98 Å². The Balaban J connectivity index is 0.000000427. The van der Waals surface area contributed by atoms with E-state index in [9.17, 15) is 15.2 Å². The molecular weight excluding hydrogens is 789 g/mol. The molecule has 0 bridgehead atoms. The molecule has 4 nitrogen and oxygen atoms in total. The van der Waals surface area contributed by atoms with Gasteiger partial charge in [-0.05, 0) is 65.5 Å². The fourth-order valence-corrected chi connectivity index (χ4v) is 7.02. The van der Waals surface area contributed by atoms with Crippen LogP contribution in [0.1, 0.15) is 111 Å². The van der Waals surface area contributed by atoms with Crippen molar-refractivity contribution in [2.45, 2.75) is 107 Å². The van der Waals surface area contributed by atoms with Crippen molar-refractivity contribution in [3.8, 4) is 28.5 Å². The quantitative estimate of drug-likeness (QED) is 0.0980. The SMILES string of the molecule is CC(C)(C)Cc1cc(-c2cc(-c3[c-]c4ccccc4c(C(C)(C)C)c3)ncc2C#N)cs1.CCC(CC)C(=O)/C=C(\O)C(CC)CC.[Ir]. The maximum absolute atomic E-state index is 11.7. The summed E-state index contributed by atoms with van der Waals surface area (Å²) in [4.78, 5) is 17.7. The standard InChI is InChI=1S/C29H29N2S.C13H24O2.Ir/c1-28(2,3)15-23-12-21(18-32-23)25-14-27(31-17-22(25)16-30)20-11-19-9-7-8-10-24(19)26(13-20)29(4,5)6;1-5-10(6-2)12(14)9-13(15)11(7-3)8-4;/h7-10,12-14,17-18H,15H2,1-6H3;9-11,14H,5-8H2,1-4H3;/q-1;;/b;12-9-;. The van der Waals surface area contributed by atoms with Crippen molar-refractivity contribution in [3.63, 3.8) is 0 Å². The summed E-state index contributed by atoms with van der Waals surface area (Å²) in [6.45, 7) is 21.5. The van der Waals surface area contributed by atoms with E-state index in [4.69, 9.17) is 0 Å². The molecule has 6 heteroatoms. The number of nitrogens with zero attached hydrogens (tertiary/aromatic N) is 2. The number of fused-ring (bicyclic) bond motifs is 1. The number of aliphatic hydroxyl groups is 1. The largest absolute Gasteiger partial charge is 0.512 e. The smallest absolute Gasteiger partial charge is 0.162 e. The molecule has 0 unspecified atom stereocenters. The molecule has 0 aliphatic carbocycles. The number of hydrogen-bond acceptors (Lipinski definition) is 5. The molecule has 0 aliphatic heterocycles. The van der Waals surface area contributed by atoms with Crippen LogP contribution in [0.25, 0.3) is 33.2 Å². The molecule has 0 atom stereocenters. The molecule has 0 saturated carbocycles. The summed E-state index contributed by atoms with van der Waals surface area (Å²) in [7, 11) is 0. The first-order valence-corrected chi connectivity index (χ1v) is 17.9. The Morgan fingerprint density at radius 3 is 2.17 bits per heavy atom. The number of aliphatic hydroxyl groups excluding tert-OH is 1. The number of benzene rings is 2. The Bertz CT molecular complexity index is 1730. The van der Waals surface area contributed by atoms with Gasteiger partial charge in [-0.3, -0.25) is 9.78 Å². The van der Waals surface area contributed by atoms with E-state index in [1.54, 1.807) is 17.5 Å². The summed E-state index contributed by atoms with van der Waals surface area (Å²) in [6, 6.07) is 20.8. The van der Waals surface area contributed by atoms with Gasteiger partial charge in [-0.2, -0.15) is 5.26 Å². The predicted octanol–water partition coefficient (Wildman–Crippen LogP) is 12.1. The average Bonchev–Trinajstić information content (AvgIpc) is 3.48. The van der Waals surface area contributed by atoms with Gasteiger partial charge in [-0.25, -0.2) is 0 Å². The van der Waals surface area contributed by atoms with Crippen LogP contribution in [0.2, 0.25) is 0 Å². The molecule has 0 aliphatic rings. The number of ketones is 1. The van der Waals surface area contributed by atoms with Crippen LogP contribution in [-0.2, 0) is 36.7 Å². The minimum Gasteiger partial charge on any atom is -0.512 e. The summed E-state index contributed by atoms with van der Waals surface area (Å²) >= 11 is 1.76. The van der Waals surface area contributed by atoms with Crippen molar-refractivity contribution in [2.24, 2.45) is 17.3 Å². The molecule has 259 valence electrons. The summed E-state index contributed by atoms with van der Waals surface area (Å²) in [6.07, 6.45) is 7.62. The molecule has 4 rings (SSSR count). The van der Waals surface area contributed by atoms with Crippen molar-refractivity contribution in [1.29, 1.82) is 5.26 Å². The van der Waals surface area contributed by atoms with Crippen molar-refractivity contribution < 1.29 is 30.0 Å². The summed E-state index contributed by atoms with van der Waals surface area (Å²) in [5, 5.41) is 24.0. The Kier molecular flexibility index (Phi) is 15.4. The van der Waals surface area contributed by atoms with Gasteiger partial charge in [-0.1, -0.05) is 104 Å². The molecule has 0 fully saturated rings. The Morgan fingerprint density at radius 2 is 1.60 bits per heavy atom. The number of nitriles is 1. The van der Waals surface area contributed by atoms with E-state index in [-0.39, 0.29) is 54.3 Å². The third-order valence-corrected chi connectivity index (χ3v) is 9.57. The van der Waals surface area contributed by atoms with Gasteiger partial charge in [0.2, 0.25) is 0 Å². The van der Waals surface area contributed by atoms with Crippen LogP contribution in [0.15, 0.2) is 65.9 Å². The van der Waals surface area contributed by atoms with Gasteiger partial charge in [0.1, 0.15) is 6.07 Å². The number of carbonyl (C=O) groups excluding carboxylic acids is 1. The number of allylic oxidation sites excluding steroid dienone is 2. The molecule has 0 spiro atoms. The second-order valence-electron chi connectivity index (χ2n) is 14.7. The number of carbonyl (C=O) groups is 1. The fraction of sp³-hybridized carbons (Fsp3) is 0.452. The maximum Gasteiger partial charge on any atom is 0.162 e. The van der Waals surface area contributed by atoms with Gasteiger partial charge in [0.05, 0.1) is 11.3 Å². The first kappa shape index (κ1) is 41.1. The second-order valence-corrected chi connectivity index (χ2v) is 15.7. The zero-order valence-electron chi connectivity index (χ0n) is 30.5. The number of aromatic nitrogens is 1. The van der Waals surface area contributed by atoms with E-state index < -0.39 is 0 Å². The molecule has 1 N–H and O–H groups in total. The summed E-state index contributed by atoms with van der Waals surface area (Å²) in [5.74, 6) is 0.547. The van der Waals surface area contributed by atoms with Gasteiger partial charge >= 0.3 is 0 Å². The molecule has 48 heavy (non-hydrogen) atoms. The zero-order valence-corrected chi connectivity index (χ0v) is 33.7. The number of rotatable bonds is 10. The van der Waals surface area contributed by atoms with Crippen LogP contribution in [0, 0.1) is 34.6 Å². The molecular formula is C42H53IrN2O2S-. The van der Waals surface area contributed by atoms with Crippen molar-refractivity contribution in [3.05, 3.63) is 87.9 Å². The van der Waals surface area contributed by atoms with E-state index in [1.807, 2.05) is 27.7 Å². The van der Waals surface area contributed by atoms with E-state index in [0.717, 1.165) is 59.9 Å². The van der Waals surface area contributed by atoms with Crippen LogP contribution in [0.3, 0.4) is 0 Å². The predicted molar refractivity (Wildman–Crippen MR) is 200 cm³/mol. The first-order valence-electron chi connectivity index (χ1n) is 17.0. The Morgan fingerprint density at radius 1 is 0.979 bits per heavy atom. The van der Waals surface area contributed by atoms with E-state index in [1.165, 1.54) is 21.9 Å². The molecule has 2 aromatic carbocycles. The maximum atomic E-state index is 11.7. The fourth-order valence-electron chi connectivity index (χ4n) is 5.84. The number of hydrogen-bond donors (Lipinski definition) is 1. The first-order chi connectivity index (χ1) is 22.1. The average molecular weight is 842 g/mol. The molecule has 1 radical (unpaired) electrons. The normalized spacial score (nSPS) is 12.0. The topological polar surface area (TPSA) is 74.0 Å².